The van der Waals surface area contributed by atoms with Gasteiger partial charge in [0.25, 0.3) is 0 Å². The number of hydrogen-bond acceptors (Lipinski definition) is 5. The molecule has 1 aromatic rings. The van der Waals surface area contributed by atoms with Gasteiger partial charge in [0.05, 0.1) is 12.1 Å². The van der Waals surface area contributed by atoms with E-state index in [0.717, 1.165) is 58.7 Å². The Morgan fingerprint density at radius 3 is 2.33 bits per heavy atom. The van der Waals surface area contributed by atoms with Crippen LogP contribution in [0.15, 0.2) is 30.3 Å². The van der Waals surface area contributed by atoms with E-state index < -0.39 is 0 Å². The summed E-state index contributed by atoms with van der Waals surface area (Å²) >= 11 is 0. The summed E-state index contributed by atoms with van der Waals surface area (Å²) in [5.74, 6) is 0.238. The number of piperidine rings is 1. The van der Waals surface area contributed by atoms with Crippen LogP contribution in [0, 0.1) is 0 Å². The van der Waals surface area contributed by atoms with Gasteiger partial charge >= 0.3 is 0 Å². The molecule has 0 spiro atoms. The molecule has 0 unspecified atom stereocenters. The summed E-state index contributed by atoms with van der Waals surface area (Å²) in [6.07, 6.45) is 2.36. The van der Waals surface area contributed by atoms with Crippen molar-refractivity contribution in [1.82, 2.24) is 19.6 Å². The number of amides is 1. The third-order valence-electron chi connectivity index (χ3n) is 7.23. The fourth-order valence-corrected chi connectivity index (χ4v) is 5.40. The number of aliphatic hydroxyl groups excluding tert-OH is 1. The highest BCUT2D eigenvalue weighted by atomic mass is 16.3. The molecule has 0 aromatic heterocycles. The number of carbonyl (C=O) groups excluding carboxylic acids is 1. The van der Waals surface area contributed by atoms with Crippen LogP contribution in [0.5, 0.6) is 0 Å². The van der Waals surface area contributed by atoms with Gasteiger partial charge in [-0.3, -0.25) is 19.5 Å². The molecule has 1 aromatic carbocycles. The molecule has 3 saturated heterocycles. The molecule has 0 aliphatic carbocycles. The van der Waals surface area contributed by atoms with E-state index >= 15 is 0 Å². The van der Waals surface area contributed by atoms with E-state index in [0.29, 0.717) is 25.0 Å². The number of carbonyl (C=O) groups is 1. The first kappa shape index (κ1) is 21.8. The van der Waals surface area contributed by atoms with Crippen molar-refractivity contribution in [3.8, 4) is 0 Å². The third kappa shape index (κ3) is 5.05. The summed E-state index contributed by atoms with van der Waals surface area (Å²) < 4.78 is 0. The van der Waals surface area contributed by atoms with Gasteiger partial charge in [-0.05, 0) is 51.8 Å². The van der Waals surface area contributed by atoms with E-state index in [1.54, 1.807) is 0 Å². The molecule has 4 rings (SSSR count). The molecule has 6 nitrogen and oxygen atoms in total. The molecule has 2 atom stereocenters. The summed E-state index contributed by atoms with van der Waals surface area (Å²) in [6.45, 7) is 11.7. The minimum atomic E-state index is -0.377. The Morgan fingerprint density at radius 1 is 1.03 bits per heavy atom. The van der Waals surface area contributed by atoms with Crippen LogP contribution in [0.3, 0.4) is 0 Å². The maximum absolute atomic E-state index is 13.3. The summed E-state index contributed by atoms with van der Waals surface area (Å²) in [7, 11) is 0. The van der Waals surface area contributed by atoms with Gasteiger partial charge in [-0.1, -0.05) is 30.3 Å². The van der Waals surface area contributed by atoms with Crippen LogP contribution in [-0.4, -0.2) is 101 Å². The van der Waals surface area contributed by atoms with Gasteiger partial charge in [0, 0.05) is 51.4 Å². The lowest BCUT2D eigenvalue weighted by Crippen LogP contribution is -2.56. The Morgan fingerprint density at radius 2 is 1.70 bits per heavy atom. The van der Waals surface area contributed by atoms with Crippen molar-refractivity contribution >= 4 is 5.91 Å². The van der Waals surface area contributed by atoms with E-state index in [2.05, 4.69) is 58.9 Å². The Labute approximate surface area is 181 Å². The number of aliphatic hydroxyl groups is 1. The van der Waals surface area contributed by atoms with E-state index in [1.165, 1.54) is 5.56 Å². The molecular weight excluding hydrogens is 376 g/mol. The first-order chi connectivity index (χ1) is 14.5. The molecule has 1 amide bonds. The molecule has 1 N–H and O–H groups in total. The van der Waals surface area contributed by atoms with Crippen molar-refractivity contribution < 1.29 is 9.90 Å². The maximum atomic E-state index is 13.3. The second-order valence-corrected chi connectivity index (χ2v) is 9.55. The Hall–Kier alpha value is -1.47. The lowest BCUT2D eigenvalue weighted by atomic mass is 10.0. The number of likely N-dealkylation sites (tertiary alicyclic amines) is 2. The van der Waals surface area contributed by atoms with Crippen molar-refractivity contribution in [3.63, 3.8) is 0 Å². The lowest BCUT2D eigenvalue weighted by Gasteiger charge is -2.42. The largest absolute Gasteiger partial charge is 0.392 e. The molecule has 3 heterocycles. The summed E-state index contributed by atoms with van der Waals surface area (Å²) in [5, 5.41) is 10.4. The van der Waals surface area contributed by atoms with Crippen molar-refractivity contribution in [3.05, 3.63) is 35.9 Å². The molecule has 3 aliphatic heterocycles. The standard InChI is InChI=1S/C24H38N4O2/c1-19(2)26-12-14-27(15-13-26)24(30)23-16-22(29)18-28(23)21-8-10-25(11-9-21)17-20-6-4-3-5-7-20/h3-7,19,21-23,29H,8-18H2,1-2H3/t22-,23+/m1/s1. The van der Waals surface area contributed by atoms with Crippen molar-refractivity contribution in [2.24, 2.45) is 0 Å². The average molecular weight is 415 g/mol. The number of nitrogens with zero attached hydrogens (tertiary/aromatic N) is 4. The van der Waals surface area contributed by atoms with E-state index in [1.807, 2.05) is 4.90 Å². The van der Waals surface area contributed by atoms with Gasteiger partial charge in [-0.2, -0.15) is 0 Å². The normalized spacial score (nSPS) is 27.8. The fraction of sp³-hybridized carbons (Fsp3) is 0.708. The smallest absolute Gasteiger partial charge is 0.240 e. The molecule has 3 aliphatic rings. The predicted molar refractivity (Wildman–Crippen MR) is 119 cm³/mol. The molecular formula is C24H38N4O2. The summed E-state index contributed by atoms with van der Waals surface area (Å²) in [6, 6.07) is 11.4. The van der Waals surface area contributed by atoms with E-state index in [-0.39, 0.29) is 18.1 Å². The Balaban J connectivity index is 1.31. The minimum absolute atomic E-state index is 0.142. The van der Waals surface area contributed by atoms with Crippen LogP contribution < -0.4 is 0 Å². The summed E-state index contributed by atoms with van der Waals surface area (Å²) in [4.78, 5) is 22.7. The average Bonchev–Trinajstić information content (AvgIpc) is 3.16. The topological polar surface area (TPSA) is 50.3 Å². The number of hydrogen-bond donors (Lipinski definition) is 1. The number of piperazine rings is 1. The molecule has 3 fully saturated rings. The van der Waals surface area contributed by atoms with Gasteiger partial charge in [-0.15, -0.1) is 0 Å². The van der Waals surface area contributed by atoms with Crippen LogP contribution >= 0.6 is 0 Å². The zero-order valence-electron chi connectivity index (χ0n) is 18.6. The Bertz CT molecular complexity index is 682. The van der Waals surface area contributed by atoms with Gasteiger partial charge in [0.15, 0.2) is 0 Å². The van der Waals surface area contributed by atoms with Crippen molar-refractivity contribution in [2.45, 2.75) is 63.9 Å². The highest BCUT2D eigenvalue weighted by molar-refractivity contribution is 5.82. The molecule has 0 bridgehead atoms. The highest BCUT2D eigenvalue weighted by Crippen LogP contribution is 2.28. The van der Waals surface area contributed by atoms with Gasteiger partial charge in [-0.25, -0.2) is 0 Å². The first-order valence-corrected chi connectivity index (χ1v) is 11.7. The van der Waals surface area contributed by atoms with Crippen LogP contribution in [0.2, 0.25) is 0 Å². The number of β-amino-alcohol motifs (C(OH)–C–C–N with tert-alkyl or cyclic N) is 1. The Kier molecular flexibility index (Phi) is 7.08. The zero-order chi connectivity index (χ0) is 21.1. The minimum Gasteiger partial charge on any atom is -0.392 e. The van der Waals surface area contributed by atoms with Gasteiger partial charge in [0.2, 0.25) is 5.91 Å². The molecule has 166 valence electrons. The highest BCUT2D eigenvalue weighted by Gasteiger charge is 2.42. The number of benzene rings is 1. The lowest BCUT2D eigenvalue weighted by molar-refractivity contribution is -0.139. The number of rotatable bonds is 5. The van der Waals surface area contributed by atoms with E-state index in [4.69, 9.17) is 0 Å². The van der Waals surface area contributed by atoms with E-state index in [9.17, 15) is 9.90 Å². The molecule has 0 radical (unpaired) electrons. The molecule has 0 saturated carbocycles. The molecule has 30 heavy (non-hydrogen) atoms. The zero-order valence-corrected chi connectivity index (χ0v) is 18.6. The monoisotopic (exact) mass is 414 g/mol. The molecule has 6 heteroatoms. The maximum Gasteiger partial charge on any atom is 0.240 e. The second kappa shape index (κ2) is 9.77. The second-order valence-electron chi connectivity index (χ2n) is 9.55. The van der Waals surface area contributed by atoms with Gasteiger partial charge < -0.3 is 10.0 Å². The summed E-state index contributed by atoms with van der Waals surface area (Å²) in [5.41, 5.74) is 1.36. The van der Waals surface area contributed by atoms with Crippen LogP contribution in [-0.2, 0) is 11.3 Å². The third-order valence-corrected chi connectivity index (χ3v) is 7.23. The predicted octanol–water partition coefficient (Wildman–Crippen LogP) is 1.64. The van der Waals surface area contributed by atoms with Crippen LogP contribution in [0.1, 0.15) is 38.7 Å². The van der Waals surface area contributed by atoms with Crippen molar-refractivity contribution in [1.29, 1.82) is 0 Å². The first-order valence-electron chi connectivity index (χ1n) is 11.7. The van der Waals surface area contributed by atoms with Crippen molar-refractivity contribution in [2.75, 3.05) is 45.8 Å². The SMILES string of the molecule is CC(C)N1CCN(C(=O)[C@@H]2C[C@@H](O)CN2C2CCN(Cc3ccccc3)CC2)CC1. The van der Waals surface area contributed by atoms with Crippen LogP contribution in [0.4, 0.5) is 0 Å². The quantitative estimate of drug-likeness (QED) is 0.794. The van der Waals surface area contributed by atoms with Gasteiger partial charge in [0.1, 0.15) is 0 Å². The van der Waals surface area contributed by atoms with Crippen LogP contribution in [0.25, 0.3) is 0 Å². The fourth-order valence-electron chi connectivity index (χ4n) is 5.40.